The lowest BCUT2D eigenvalue weighted by Crippen LogP contribution is -2.37. The molecule has 5 nitrogen and oxygen atoms in total. The molecule has 0 atom stereocenters. The first kappa shape index (κ1) is 17.7. The number of sulfonamides is 1. The number of benzene rings is 1. The molecule has 0 aliphatic heterocycles. The summed E-state index contributed by atoms with van der Waals surface area (Å²) >= 11 is 0. The summed E-state index contributed by atoms with van der Waals surface area (Å²) in [6, 6.07) is 0. The van der Waals surface area contributed by atoms with E-state index < -0.39 is 10.0 Å². The molecule has 118 valence electrons. The zero-order valence-electron chi connectivity index (χ0n) is 13.8. The van der Waals surface area contributed by atoms with E-state index >= 15 is 0 Å². The first-order chi connectivity index (χ1) is 9.55. The predicted octanol–water partition coefficient (Wildman–Crippen LogP) is 1.60. The van der Waals surface area contributed by atoms with Gasteiger partial charge in [0.1, 0.15) is 0 Å². The number of hydrogen-bond acceptors (Lipinski definition) is 3. The fourth-order valence-electron chi connectivity index (χ4n) is 2.37. The van der Waals surface area contributed by atoms with Crippen molar-refractivity contribution in [2.45, 2.75) is 39.5 Å². The Bertz CT molecular complexity index is 650. The van der Waals surface area contributed by atoms with E-state index in [0.717, 1.165) is 32.1 Å². The molecular formula is C15H24N2O3S. The maximum absolute atomic E-state index is 12.8. The minimum Gasteiger partial charge on any atom is -0.358 e. The molecule has 0 spiro atoms. The van der Waals surface area contributed by atoms with Gasteiger partial charge in [0.15, 0.2) is 0 Å². The van der Waals surface area contributed by atoms with Gasteiger partial charge in [-0.3, -0.25) is 4.79 Å². The Balaban J connectivity index is 3.49. The number of carbonyl (C=O) groups excluding carboxylic acids is 1. The van der Waals surface area contributed by atoms with Gasteiger partial charge in [0.25, 0.3) is 0 Å². The lowest BCUT2D eigenvalue weighted by molar-refractivity contribution is -0.120. The van der Waals surface area contributed by atoms with Gasteiger partial charge >= 0.3 is 0 Å². The van der Waals surface area contributed by atoms with Crippen LogP contribution in [0, 0.1) is 34.6 Å². The fourth-order valence-corrected chi connectivity index (χ4v) is 4.05. The number of carbonyl (C=O) groups is 1. The number of hydrogen-bond donors (Lipinski definition) is 1. The Hall–Kier alpha value is -1.40. The molecule has 21 heavy (non-hydrogen) atoms. The number of rotatable bonds is 4. The van der Waals surface area contributed by atoms with Crippen LogP contribution in [0.15, 0.2) is 4.90 Å². The van der Waals surface area contributed by atoms with Gasteiger partial charge in [-0.25, -0.2) is 8.42 Å². The van der Waals surface area contributed by atoms with Gasteiger partial charge in [-0.15, -0.1) is 0 Å². The van der Waals surface area contributed by atoms with Crippen molar-refractivity contribution in [2.24, 2.45) is 0 Å². The first-order valence-electron chi connectivity index (χ1n) is 6.79. The zero-order valence-corrected chi connectivity index (χ0v) is 14.6. The summed E-state index contributed by atoms with van der Waals surface area (Å²) in [5.74, 6) is -0.336. The van der Waals surface area contributed by atoms with Gasteiger partial charge < -0.3 is 5.32 Å². The molecule has 0 saturated carbocycles. The van der Waals surface area contributed by atoms with Crippen LogP contribution in [0.25, 0.3) is 0 Å². The van der Waals surface area contributed by atoms with Gasteiger partial charge in [-0.1, -0.05) is 0 Å². The molecular weight excluding hydrogens is 288 g/mol. The second kappa shape index (κ2) is 6.15. The lowest BCUT2D eigenvalue weighted by atomic mass is 9.95. The summed E-state index contributed by atoms with van der Waals surface area (Å²) in [6.07, 6.45) is 0. The topological polar surface area (TPSA) is 66.5 Å². The molecule has 0 fully saturated rings. The molecule has 1 N–H and O–H groups in total. The van der Waals surface area contributed by atoms with Crippen LogP contribution in [0.1, 0.15) is 27.8 Å². The Morgan fingerprint density at radius 1 is 0.952 bits per heavy atom. The third-order valence-electron chi connectivity index (χ3n) is 4.24. The van der Waals surface area contributed by atoms with Crippen molar-refractivity contribution >= 4 is 15.9 Å². The van der Waals surface area contributed by atoms with Crippen LogP contribution < -0.4 is 5.32 Å². The van der Waals surface area contributed by atoms with E-state index in [-0.39, 0.29) is 12.5 Å². The highest BCUT2D eigenvalue weighted by Crippen LogP contribution is 2.30. The van der Waals surface area contributed by atoms with Crippen LogP contribution in [0.3, 0.4) is 0 Å². The normalized spacial score (nSPS) is 11.8. The van der Waals surface area contributed by atoms with Crippen molar-refractivity contribution in [3.63, 3.8) is 0 Å². The van der Waals surface area contributed by atoms with E-state index in [1.165, 1.54) is 14.1 Å². The summed E-state index contributed by atoms with van der Waals surface area (Å²) in [7, 11) is -0.785. The SMILES string of the molecule is CNC(=O)CN(C)S(=O)(=O)c1c(C)c(C)c(C)c(C)c1C. The number of amides is 1. The van der Waals surface area contributed by atoms with E-state index in [1.54, 1.807) is 0 Å². The summed E-state index contributed by atoms with van der Waals surface area (Å²) in [6.45, 7) is 9.29. The molecule has 1 aromatic rings. The van der Waals surface area contributed by atoms with Crippen molar-refractivity contribution in [1.82, 2.24) is 9.62 Å². The van der Waals surface area contributed by atoms with Crippen molar-refractivity contribution in [3.8, 4) is 0 Å². The van der Waals surface area contributed by atoms with E-state index in [1.807, 2.05) is 34.6 Å². The Morgan fingerprint density at radius 2 is 1.33 bits per heavy atom. The molecule has 0 heterocycles. The largest absolute Gasteiger partial charge is 0.358 e. The highest BCUT2D eigenvalue weighted by atomic mass is 32.2. The molecule has 1 rings (SSSR count). The number of nitrogens with zero attached hydrogens (tertiary/aromatic N) is 1. The summed E-state index contributed by atoms with van der Waals surface area (Å²) < 4.78 is 26.7. The molecule has 6 heteroatoms. The molecule has 0 unspecified atom stereocenters. The second-order valence-corrected chi connectivity index (χ2v) is 7.37. The van der Waals surface area contributed by atoms with Crippen LogP contribution in [0.5, 0.6) is 0 Å². The molecule has 0 aliphatic carbocycles. The van der Waals surface area contributed by atoms with Crippen LogP contribution in [-0.2, 0) is 14.8 Å². The molecule has 1 aromatic carbocycles. The van der Waals surface area contributed by atoms with Crippen molar-refractivity contribution in [1.29, 1.82) is 0 Å². The smallest absolute Gasteiger partial charge is 0.243 e. The quantitative estimate of drug-likeness (QED) is 0.918. The number of likely N-dealkylation sites (N-methyl/N-ethyl adjacent to an activating group) is 2. The van der Waals surface area contributed by atoms with E-state index in [0.29, 0.717) is 4.90 Å². The molecule has 0 radical (unpaired) electrons. The third-order valence-corrected chi connectivity index (χ3v) is 6.32. The highest BCUT2D eigenvalue weighted by Gasteiger charge is 2.28. The van der Waals surface area contributed by atoms with E-state index in [9.17, 15) is 13.2 Å². The van der Waals surface area contributed by atoms with Crippen LogP contribution >= 0.6 is 0 Å². The van der Waals surface area contributed by atoms with E-state index in [4.69, 9.17) is 0 Å². The summed E-state index contributed by atoms with van der Waals surface area (Å²) in [5.41, 5.74) is 4.56. The van der Waals surface area contributed by atoms with Crippen LogP contribution in [0.4, 0.5) is 0 Å². The van der Waals surface area contributed by atoms with Gasteiger partial charge in [-0.05, 0) is 62.4 Å². The van der Waals surface area contributed by atoms with Gasteiger partial charge in [-0.2, -0.15) is 4.31 Å². The summed E-state index contributed by atoms with van der Waals surface area (Å²) in [5, 5.41) is 2.44. The molecule has 0 bridgehead atoms. The van der Waals surface area contributed by atoms with Crippen LogP contribution in [-0.4, -0.2) is 39.3 Å². The van der Waals surface area contributed by atoms with E-state index in [2.05, 4.69) is 5.32 Å². The Labute approximate surface area is 127 Å². The average Bonchev–Trinajstić information content (AvgIpc) is 2.42. The minimum absolute atomic E-state index is 0.191. The molecule has 0 aromatic heterocycles. The van der Waals surface area contributed by atoms with Gasteiger partial charge in [0.05, 0.1) is 11.4 Å². The van der Waals surface area contributed by atoms with Crippen molar-refractivity contribution < 1.29 is 13.2 Å². The first-order valence-corrected chi connectivity index (χ1v) is 8.23. The Kier molecular flexibility index (Phi) is 5.17. The maximum atomic E-state index is 12.8. The standard InChI is InChI=1S/C15H24N2O3S/c1-9-10(2)12(4)15(13(5)11(9)3)21(19,20)17(7)8-14(18)16-6/h8H2,1-7H3,(H,16,18). The molecule has 1 amide bonds. The van der Waals surface area contributed by atoms with Gasteiger partial charge in [0, 0.05) is 14.1 Å². The molecule has 0 aliphatic rings. The zero-order chi connectivity index (χ0) is 16.5. The van der Waals surface area contributed by atoms with Crippen molar-refractivity contribution in [2.75, 3.05) is 20.6 Å². The predicted molar refractivity (Wildman–Crippen MR) is 84.0 cm³/mol. The maximum Gasteiger partial charge on any atom is 0.243 e. The lowest BCUT2D eigenvalue weighted by Gasteiger charge is -2.23. The highest BCUT2D eigenvalue weighted by molar-refractivity contribution is 7.89. The summed E-state index contributed by atoms with van der Waals surface area (Å²) in [4.78, 5) is 11.8. The monoisotopic (exact) mass is 312 g/mol. The molecule has 0 saturated heterocycles. The third kappa shape index (κ3) is 3.11. The number of nitrogens with one attached hydrogen (secondary N) is 1. The average molecular weight is 312 g/mol. The van der Waals surface area contributed by atoms with Crippen LogP contribution in [0.2, 0.25) is 0 Å². The van der Waals surface area contributed by atoms with Gasteiger partial charge in [0.2, 0.25) is 15.9 Å². The Morgan fingerprint density at radius 3 is 1.71 bits per heavy atom. The second-order valence-electron chi connectivity index (χ2n) is 5.39. The minimum atomic E-state index is -3.69. The fraction of sp³-hybridized carbons (Fsp3) is 0.533. The van der Waals surface area contributed by atoms with Crippen molar-refractivity contribution in [3.05, 3.63) is 27.8 Å².